The average molecular weight is 453 g/mol. The van der Waals surface area contributed by atoms with E-state index in [4.69, 9.17) is 0 Å². The van der Waals surface area contributed by atoms with Crippen LogP contribution in [0.5, 0.6) is 0 Å². The number of carbonyl (C=O) groups is 2. The lowest BCUT2D eigenvalue weighted by atomic mass is 10.00. The third-order valence-corrected chi connectivity index (χ3v) is 6.23. The quantitative estimate of drug-likeness (QED) is 0.316. The Morgan fingerprint density at radius 1 is 1.06 bits per heavy atom. The zero-order valence-electron chi connectivity index (χ0n) is 16.5. The number of anilines is 1. The summed E-state index contributed by atoms with van der Waals surface area (Å²) < 4.78 is 38.9. The minimum atomic E-state index is -4.62. The first-order valence-electron chi connectivity index (χ1n) is 9.40. The van der Waals surface area contributed by atoms with Crippen LogP contribution < -0.4 is 5.32 Å². The summed E-state index contributed by atoms with van der Waals surface area (Å²) >= 11 is 0.740. The van der Waals surface area contributed by atoms with Crippen molar-refractivity contribution in [2.75, 3.05) is 5.32 Å². The first kappa shape index (κ1) is 21.5. The van der Waals surface area contributed by atoms with Crippen molar-refractivity contribution in [2.45, 2.75) is 13.1 Å². The zero-order chi connectivity index (χ0) is 23.0. The number of Topliss-reactive ketones (excluding diaryl/α,β-unsaturated/α-hetero) is 1. The van der Waals surface area contributed by atoms with Crippen LogP contribution >= 0.6 is 11.3 Å². The van der Waals surface area contributed by atoms with E-state index in [1.165, 1.54) is 6.07 Å². The second-order valence-electron chi connectivity index (χ2n) is 7.05. The van der Waals surface area contributed by atoms with Crippen molar-refractivity contribution in [2.24, 2.45) is 5.92 Å². The Labute approximate surface area is 184 Å². The van der Waals surface area contributed by atoms with Crippen LogP contribution in [0, 0.1) is 24.2 Å². The van der Waals surface area contributed by atoms with Crippen LogP contribution in [0.4, 0.5) is 18.9 Å². The second kappa shape index (κ2) is 8.05. The number of hydrogen-bond acceptors (Lipinski definition) is 5. The summed E-state index contributed by atoms with van der Waals surface area (Å²) in [7, 11) is 0. The number of rotatable bonds is 4. The third-order valence-electron chi connectivity index (χ3n) is 5.02. The maximum atomic E-state index is 13.0. The Kier molecular flexibility index (Phi) is 5.40. The standard InChI is InChI=1S/C23H14F3N3O2S/c1-12-14-9-10-18(23(24,25)26)29-22(14)32-20(12)19(30)16(11-27)21(31)28-17-8-4-6-13-5-2-3-7-15(13)17/h2-10,16H,1H3,(H,28,31). The zero-order valence-corrected chi connectivity index (χ0v) is 17.3. The summed E-state index contributed by atoms with van der Waals surface area (Å²) in [4.78, 5) is 29.5. The summed E-state index contributed by atoms with van der Waals surface area (Å²) in [5.41, 5.74) is -0.240. The van der Waals surface area contributed by atoms with E-state index in [9.17, 15) is 28.0 Å². The molecule has 0 saturated heterocycles. The fourth-order valence-electron chi connectivity index (χ4n) is 3.40. The van der Waals surface area contributed by atoms with Crippen molar-refractivity contribution in [3.05, 3.63) is 70.7 Å². The van der Waals surface area contributed by atoms with Crippen molar-refractivity contribution < 1.29 is 22.8 Å². The van der Waals surface area contributed by atoms with Gasteiger partial charge in [-0.25, -0.2) is 4.98 Å². The molecule has 1 amide bonds. The van der Waals surface area contributed by atoms with Gasteiger partial charge in [-0.15, -0.1) is 11.3 Å². The molecular formula is C23H14F3N3O2S. The second-order valence-corrected chi connectivity index (χ2v) is 8.04. The van der Waals surface area contributed by atoms with Crippen LogP contribution in [-0.2, 0) is 11.0 Å². The molecule has 1 atom stereocenters. The number of carbonyl (C=O) groups excluding carboxylic acids is 2. The molecule has 0 bridgehead atoms. The number of ketones is 1. The van der Waals surface area contributed by atoms with E-state index in [2.05, 4.69) is 10.3 Å². The molecule has 1 unspecified atom stereocenters. The van der Waals surface area contributed by atoms with Gasteiger partial charge in [0.1, 0.15) is 10.5 Å². The Morgan fingerprint density at radius 3 is 2.50 bits per heavy atom. The molecule has 0 spiro atoms. The summed E-state index contributed by atoms with van der Waals surface area (Å²) in [6.45, 7) is 1.55. The van der Waals surface area contributed by atoms with Crippen LogP contribution in [-0.4, -0.2) is 16.7 Å². The highest BCUT2D eigenvalue weighted by Gasteiger charge is 2.34. The molecule has 1 N–H and O–H groups in total. The molecule has 0 aliphatic rings. The number of pyridine rings is 1. The number of fused-ring (bicyclic) bond motifs is 2. The van der Waals surface area contributed by atoms with E-state index in [-0.39, 0.29) is 9.71 Å². The predicted molar refractivity (Wildman–Crippen MR) is 115 cm³/mol. The van der Waals surface area contributed by atoms with Crippen molar-refractivity contribution >= 4 is 49.7 Å². The lowest BCUT2D eigenvalue weighted by molar-refractivity contribution is -0.140. The Balaban J connectivity index is 1.66. The summed E-state index contributed by atoms with van der Waals surface area (Å²) in [5, 5.41) is 14.2. The summed E-state index contributed by atoms with van der Waals surface area (Å²) in [6, 6.07) is 16.4. The van der Waals surface area contributed by atoms with Crippen LogP contribution in [0.1, 0.15) is 20.9 Å². The highest BCUT2D eigenvalue weighted by molar-refractivity contribution is 7.20. The van der Waals surface area contributed by atoms with Gasteiger partial charge in [0, 0.05) is 16.5 Å². The van der Waals surface area contributed by atoms with Crippen molar-refractivity contribution in [1.29, 1.82) is 5.26 Å². The van der Waals surface area contributed by atoms with E-state index >= 15 is 0 Å². The largest absolute Gasteiger partial charge is 0.433 e. The molecule has 4 rings (SSSR count). The average Bonchev–Trinajstić information content (AvgIpc) is 3.10. The number of hydrogen-bond donors (Lipinski definition) is 1. The van der Waals surface area contributed by atoms with Crippen LogP contribution in [0.2, 0.25) is 0 Å². The van der Waals surface area contributed by atoms with Crippen molar-refractivity contribution in [3.8, 4) is 6.07 Å². The molecule has 160 valence electrons. The molecule has 0 radical (unpaired) electrons. The molecule has 9 heteroatoms. The Morgan fingerprint density at radius 2 is 1.78 bits per heavy atom. The van der Waals surface area contributed by atoms with E-state index < -0.39 is 29.5 Å². The van der Waals surface area contributed by atoms with E-state index in [1.54, 1.807) is 37.3 Å². The number of benzene rings is 2. The number of nitrogens with zero attached hydrogens (tertiary/aromatic N) is 2. The molecule has 0 aliphatic heterocycles. The van der Waals surface area contributed by atoms with Gasteiger partial charge in [0.05, 0.1) is 10.9 Å². The fraction of sp³-hybridized carbons (Fsp3) is 0.130. The first-order valence-corrected chi connectivity index (χ1v) is 10.2. The Hall–Kier alpha value is -3.77. The van der Waals surface area contributed by atoms with Gasteiger partial charge in [-0.3, -0.25) is 9.59 Å². The van der Waals surface area contributed by atoms with Gasteiger partial charge in [-0.05, 0) is 36.1 Å². The van der Waals surface area contributed by atoms with Gasteiger partial charge >= 0.3 is 6.18 Å². The number of nitrogens with one attached hydrogen (secondary N) is 1. The molecule has 4 aromatic rings. The molecule has 2 heterocycles. The lowest BCUT2D eigenvalue weighted by Crippen LogP contribution is -2.28. The predicted octanol–water partition coefficient (Wildman–Crippen LogP) is 5.74. The molecule has 2 aromatic carbocycles. The molecule has 0 fully saturated rings. The van der Waals surface area contributed by atoms with Gasteiger partial charge in [-0.1, -0.05) is 36.4 Å². The van der Waals surface area contributed by atoms with Gasteiger partial charge in [-0.2, -0.15) is 18.4 Å². The minimum absolute atomic E-state index is 0.0202. The molecule has 0 aliphatic carbocycles. The maximum absolute atomic E-state index is 13.0. The number of aromatic nitrogens is 1. The van der Waals surface area contributed by atoms with Crippen LogP contribution in [0.3, 0.4) is 0 Å². The van der Waals surface area contributed by atoms with E-state index in [0.717, 1.165) is 28.2 Å². The van der Waals surface area contributed by atoms with Gasteiger partial charge < -0.3 is 5.32 Å². The van der Waals surface area contributed by atoms with Gasteiger partial charge in [0.15, 0.2) is 11.7 Å². The van der Waals surface area contributed by atoms with Gasteiger partial charge in [0.2, 0.25) is 5.91 Å². The van der Waals surface area contributed by atoms with E-state index in [1.807, 2.05) is 18.2 Å². The van der Waals surface area contributed by atoms with Crippen LogP contribution in [0.25, 0.3) is 21.0 Å². The minimum Gasteiger partial charge on any atom is -0.324 e. The smallest absolute Gasteiger partial charge is 0.324 e. The SMILES string of the molecule is Cc1c(C(=O)C(C#N)C(=O)Nc2cccc3ccccc23)sc2nc(C(F)(F)F)ccc12. The molecule has 32 heavy (non-hydrogen) atoms. The number of thiophene rings is 1. The molecule has 5 nitrogen and oxygen atoms in total. The maximum Gasteiger partial charge on any atom is 0.433 e. The highest BCUT2D eigenvalue weighted by Crippen LogP contribution is 2.35. The number of nitriles is 1. The monoisotopic (exact) mass is 453 g/mol. The highest BCUT2D eigenvalue weighted by atomic mass is 32.1. The number of halogens is 3. The summed E-state index contributed by atoms with van der Waals surface area (Å²) in [5.74, 6) is -3.25. The summed E-state index contributed by atoms with van der Waals surface area (Å²) in [6.07, 6.45) is -4.62. The number of alkyl halides is 3. The normalized spacial score (nSPS) is 12.5. The van der Waals surface area contributed by atoms with Crippen molar-refractivity contribution in [3.63, 3.8) is 0 Å². The van der Waals surface area contributed by atoms with E-state index in [0.29, 0.717) is 16.6 Å². The lowest BCUT2D eigenvalue weighted by Gasteiger charge is -2.11. The van der Waals surface area contributed by atoms with Gasteiger partial charge in [0.25, 0.3) is 0 Å². The topological polar surface area (TPSA) is 82.8 Å². The molecule has 0 saturated carbocycles. The fourth-order valence-corrected chi connectivity index (χ4v) is 4.55. The van der Waals surface area contributed by atoms with Crippen molar-refractivity contribution in [1.82, 2.24) is 4.98 Å². The number of amides is 1. The Bertz CT molecular complexity index is 1410. The first-order chi connectivity index (χ1) is 15.2. The van der Waals surface area contributed by atoms with Crippen LogP contribution in [0.15, 0.2) is 54.6 Å². The molecule has 2 aromatic heterocycles. The third kappa shape index (κ3) is 3.81. The number of aryl methyl sites for hydroxylation is 1. The molecular weight excluding hydrogens is 439 g/mol.